The van der Waals surface area contributed by atoms with Crippen LogP contribution >= 0.6 is 0 Å². The van der Waals surface area contributed by atoms with Crippen LogP contribution in [0, 0.1) is 6.92 Å². The average molecular weight is 483 g/mol. The van der Waals surface area contributed by atoms with Gasteiger partial charge in [-0.05, 0) is 94.1 Å². The quantitative estimate of drug-likeness (QED) is 0.250. The summed E-state index contributed by atoms with van der Waals surface area (Å²) in [6, 6.07) is 31.2. The van der Waals surface area contributed by atoms with Gasteiger partial charge in [-0.2, -0.15) is 0 Å². The fourth-order valence-corrected chi connectivity index (χ4v) is 6.36. The Bertz CT molecular complexity index is 1680. The van der Waals surface area contributed by atoms with Crippen molar-refractivity contribution in [1.82, 2.24) is 0 Å². The van der Waals surface area contributed by atoms with Crippen LogP contribution in [0.15, 0.2) is 84.9 Å². The Morgan fingerprint density at radius 3 is 2.24 bits per heavy atom. The standard InChI is InChI=1S/C35H30O2/c1-21-11-13-23(14-12-21)29-19-27-16-15-26-17-24-7-4-5-8-25(24)18-30(26)33(27)35-32(29)22(2)37-20-28-9-6-10-31(36-3)34(28)35/h4-14,17-19,22H,15-16,20H2,1-3H3/t22-/m0/s1. The topological polar surface area (TPSA) is 18.5 Å². The van der Waals surface area contributed by atoms with Gasteiger partial charge in [0.25, 0.3) is 0 Å². The minimum atomic E-state index is -0.0560. The highest BCUT2D eigenvalue weighted by Gasteiger charge is 2.32. The predicted octanol–water partition coefficient (Wildman–Crippen LogP) is 8.85. The molecule has 0 N–H and O–H groups in total. The van der Waals surface area contributed by atoms with Crippen molar-refractivity contribution < 1.29 is 9.47 Å². The molecule has 37 heavy (non-hydrogen) atoms. The van der Waals surface area contributed by atoms with Gasteiger partial charge >= 0.3 is 0 Å². The van der Waals surface area contributed by atoms with E-state index in [4.69, 9.17) is 9.47 Å². The van der Waals surface area contributed by atoms with Crippen molar-refractivity contribution in [3.63, 3.8) is 0 Å². The van der Waals surface area contributed by atoms with E-state index in [0.717, 1.165) is 18.6 Å². The lowest BCUT2D eigenvalue weighted by Gasteiger charge is -2.29. The van der Waals surface area contributed by atoms with E-state index in [1.165, 1.54) is 72.0 Å². The van der Waals surface area contributed by atoms with Gasteiger partial charge in [-0.25, -0.2) is 0 Å². The fraction of sp³-hybridized carbons (Fsp3) is 0.200. The molecule has 0 spiro atoms. The van der Waals surface area contributed by atoms with Crippen LogP contribution in [0.5, 0.6) is 5.75 Å². The van der Waals surface area contributed by atoms with Gasteiger partial charge in [0, 0.05) is 11.1 Å². The first-order chi connectivity index (χ1) is 18.1. The van der Waals surface area contributed by atoms with Crippen LogP contribution in [0.2, 0.25) is 0 Å². The Morgan fingerprint density at radius 2 is 1.46 bits per heavy atom. The first kappa shape index (κ1) is 22.3. The zero-order valence-corrected chi connectivity index (χ0v) is 21.6. The van der Waals surface area contributed by atoms with Gasteiger partial charge in [-0.1, -0.05) is 78.4 Å². The Labute approximate surface area is 218 Å². The molecule has 0 radical (unpaired) electrons. The first-order valence-electron chi connectivity index (χ1n) is 13.2. The summed E-state index contributed by atoms with van der Waals surface area (Å²) in [6.07, 6.45) is 2.01. The number of methoxy groups -OCH3 is 1. The molecular weight excluding hydrogens is 452 g/mol. The van der Waals surface area contributed by atoms with Crippen LogP contribution in [-0.2, 0) is 24.2 Å². The third kappa shape index (κ3) is 3.51. The van der Waals surface area contributed by atoms with E-state index in [1.54, 1.807) is 7.11 Å². The Kier molecular flexibility index (Phi) is 5.19. The highest BCUT2D eigenvalue weighted by atomic mass is 16.5. The van der Waals surface area contributed by atoms with Gasteiger partial charge in [-0.3, -0.25) is 0 Å². The van der Waals surface area contributed by atoms with E-state index < -0.39 is 0 Å². The summed E-state index contributed by atoms with van der Waals surface area (Å²) in [4.78, 5) is 0. The maximum atomic E-state index is 6.53. The first-order valence-corrected chi connectivity index (χ1v) is 13.2. The summed E-state index contributed by atoms with van der Waals surface area (Å²) in [7, 11) is 1.78. The normalized spacial score (nSPS) is 15.8. The minimum absolute atomic E-state index is 0.0560. The lowest BCUT2D eigenvalue weighted by molar-refractivity contribution is 0.0554. The van der Waals surface area contributed by atoms with Crippen molar-refractivity contribution in [3.05, 3.63) is 113 Å². The van der Waals surface area contributed by atoms with Crippen molar-refractivity contribution in [1.29, 1.82) is 0 Å². The summed E-state index contributed by atoms with van der Waals surface area (Å²) in [5.74, 6) is 0.910. The number of aryl methyl sites for hydroxylation is 3. The van der Waals surface area contributed by atoms with E-state index in [0.29, 0.717) is 6.61 Å². The molecule has 2 aliphatic rings. The van der Waals surface area contributed by atoms with Crippen molar-refractivity contribution in [2.24, 2.45) is 0 Å². The monoisotopic (exact) mass is 482 g/mol. The molecule has 5 aromatic carbocycles. The van der Waals surface area contributed by atoms with E-state index in [-0.39, 0.29) is 6.10 Å². The average Bonchev–Trinajstić information content (AvgIpc) is 3.08. The molecule has 182 valence electrons. The molecule has 0 fully saturated rings. The number of hydrogen-bond acceptors (Lipinski definition) is 2. The van der Waals surface area contributed by atoms with Crippen LogP contribution in [0.3, 0.4) is 0 Å². The summed E-state index contributed by atoms with van der Waals surface area (Å²) in [5.41, 5.74) is 14.2. The molecule has 7 rings (SSSR count). The van der Waals surface area contributed by atoms with Crippen molar-refractivity contribution in [2.75, 3.05) is 7.11 Å². The van der Waals surface area contributed by atoms with Crippen LogP contribution in [0.25, 0.3) is 44.2 Å². The molecule has 1 aliphatic heterocycles. The smallest absolute Gasteiger partial charge is 0.127 e. The second-order valence-electron chi connectivity index (χ2n) is 10.4. The molecule has 2 nitrogen and oxygen atoms in total. The third-order valence-electron chi connectivity index (χ3n) is 8.19. The lowest BCUT2D eigenvalue weighted by atomic mass is 9.75. The summed E-state index contributed by atoms with van der Waals surface area (Å²) >= 11 is 0. The molecule has 1 heterocycles. The van der Waals surface area contributed by atoms with Gasteiger partial charge in [-0.15, -0.1) is 0 Å². The molecule has 0 saturated carbocycles. The van der Waals surface area contributed by atoms with Crippen LogP contribution in [-0.4, -0.2) is 7.11 Å². The number of benzene rings is 5. The van der Waals surface area contributed by atoms with Gasteiger partial charge < -0.3 is 9.47 Å². The summed E-state index contributed by atoms with van der Waals surface area (Å²) in [6.45, 7) is 4.91. The number of hydrogen-bond donors (Lipinski definition) is 0. The van der Waals surface area contributed by atoms with E-state index in [9.17, 15) is 0 Å². The van der Waals surface area contributed by atoms with Crippen molar-refractivity contribution in [3.8, 4) is 39.1 Å². The number of ether oxygens (including phenoxy) is 2. The lowest BCUT2D eigenvalue weighted by Crippen LogP contribution is -2.10. The third-order valence-corrected chi connectivity index (χ3v) is 8.19. The molecule has 2 heteroatoms. The van der Waals surface area contributed by atoms with E-state index >= 15 is 0 Å². The number of fused-ring (bicyclic) bond motifs is 8. The summed E-state index contributed by atoms with van der Waals surface area (Å²) < 4.78 is 12.6. The van der Waals surface area contributed by atoms with Gasteiger partial charge in [0.15, 0.2) is 0 Å². The van der Waals surface area contributed by atoms with Crippen LogP contribution in [0.4, 0.5) is 0 Å². The molecule has 1 aliphatic carbocycles. The number of rotatable bonds is 2. The van der Waals surface area contributed by atoms with Gasteiger partial charge in [0.2, 0.25) is 0 Å². The molecular formula is C35H30O2. The highest BCUT2D eigenvalue weighted by molar-refractivity contribution is 6.00. The zero-order chi connectivity index (χ0) is 25.1. The minimum Gasteiger partial charge on any atom is -0.496 e. The molecule has 0 unspecified atom stereocenters. The highest BCUT2D eigenvalue weighted by Crippen LogP contribution is 2.53. The van der Waals surface area contributed by atoms with Gasteiger partial charge in [0.1, 0.15) is 5.75 Å². The predicted molar refractivity (Wildman–Crippen MR) is 152 cm³/mol. The molecule has 5 aromatic rings. The van der Waals surface area contributed by atoms with Crippen molar-refractivity contribution in [2.45, 2.75) is 39.4 Å². The molecule has 0 aromatic heterocycles. The summed E-state index contributed by atoms with van der Waals surface area (Å²) in [5, 5.41) is 2.59. The van der Waals surface area contributed by atoms with E-state index in [1.807, 2.05) is 0 Å². The zero-order valence-electron chi connectivity index (χ0n) is 21.6. The maximum absolute atomic E-state index is 6.53. The Morgan fingerprint density at radius 1 is 0.703 bits per heavy atom. The molecule has 0 amide bonds. The van der Waals surface area contributed by atoms with Crippen LogP contribution < -0.4 is 4.74 Å². The van der Waals surface area contributed by atoms with Gasteiger partial charge in [0.05, 0.1) is 19.8 Å². The van der Waals surface area contributed by atoms with Crippen LogP contribution in [0.1, 0.15) is 40.8 Å². The maximum Gasteiger partial charge on any atom is 0.127 e. The largest absolute Gasteiger partial charge is 0.496 e. The molecule has 1 atom stereocenters. The van der Waals surface area contributed by atoms with Crippen molar-refractivity contribution >= 4 is 10.8 Å². The fourth-order valence-electron chi connectivity index (χ4n) is 6.36. The Balaban J connectivity index is 1.64. The Hall–Kier alpha value is -3.88. The van der Waals surface area contributed by atoms with E-state index in [2.05, 4.69) is 98.8 Å². The SMILES string of the molecule is COc1cccc2c1-c1c3c(cc(-c4ccc(C)cc4)c1[C@H](C)OC2)CCc1cc2ccccc2cc1-3. The second kappa shape index (κ2) is 8.61. The molecule has 0 bridgehead atoms. The second-order valence-corrected chi connectivity index (χ2v) is 10.4. The molecule has 0 saturated heterocycles.